The van der Waals surface area contributed by atoms with Gasteiger partial charge in [-0.15, -0.1) is 0 Å². The molecule has 3 aromatic heterocycles. The number of benzene rings is 13. The molecule has 1 aliphatic carbocycles. The third-order valence-corrected chi connectivity index (χ3v) is 19.0. The van der Waals surface area contributed by atoms with Crippen molar-refractivity contribution in [1.82, 2.24) is 4.57 Å². The van der Waals surface area contributed by atoms with Crippen LogP contribution in [0.3, 0.4) is 0 Å². The molecule has 0 amide bonds. The van der Waals surface area contributed by atoms with Gasteiger partial charge in [0.2, 0.25) is 0 Å². The minimum atomic E-state index is -4.61. The zero-order valence-corrected chi connectivity index (χ0v) is 48.1. The quantitative estimate of drug-likeness (QED) is 0.156. The average Bonchev–Trinajstić information content (AvgIpc) is 1.46. The maximum Gasteiger partial charge on any atom is 0.416 e. The van der Waals surface area contributed by atoms with E-state index in [0.717, 1.165) is 139 Å². The normalized spacial score (nSPS) is 13.4. The second kappa shape index (κ2) is 18.5. The van der Waals surface area contributed by atoms with Gasteiger partial charge in [-0.3, -0.25) is 0 Å². The van der Waals surface area contributed by atoms with Crippen molar-refractivity contribution >= 4 is 121 Å². The van der Waals surface area contributed by atoms with Gasteiger partial charge in [-0.25, -0.2) is 0 Å². The average molecular weight is 1180 g/mol. The minimum absolute atomic E-state index is 0.459. The van der Waals surface area contributed by atoms with Gasteiger partial charge in [0, 0.05) is 55.1 Å². The summed E-state index contributed by atoms with van der Waals surface area (Å²) in [5, 5.41) is 9.50. The van der Waals surface area contributed by atoms with Crippen molar-refractivity contribution in [2.45, 2.75) is 31.6 Å². The number of anilines is 6. The molecule has 18 rings (SSSR count). The van der Waals surface area contributed by atoms with Crippen LogP contribution < -0.4 is 9.80 Å². The second-order valence-corrected chi connectivity index (χ2v) is 23.8. The van der Waals surface area contributed by atoms with E-state index in [9.17, 15) is 26.3 Å². The van der Waals surface area contributed by atoms with E-state index >= 15 is 0 Å². The number of fused-ring (bicyclic) bond motifs is 22. The number of hydrogen-bond donors (Lipinski definition) is 0. The fourth-order valence-corrected chi connectivity index (χ4v) is 15.2. The molecule has 13 aromatic carbocycles. The maximum atomic E-state index is 14.7. The van der Waals surface area contributed by atoms with Gasteiger partial charge in [0.1, 0.15) is 11.2 Å². The SMILES string of the molecule is Cc1cccc2c1oc1c(N(c3ccc(C(F)(F)F)cc3)c3ccc4c(c3)c3cc(N(c5ccc(C(F)(F)F)cc5)c5cccc6c5oc5c(C)cccc56)cc5c3n4-c3ccccc3C53c4ccc5ccccc5c4-c4c3ccc3ccccc43)cccc12. The molecule has 5 nitrogen and oxygen atoms in total. The topological polar surface area (TPSA) is 37.7 Å². The van der Waals surface area contributed by atoms with Crippen molar-refractivity contribution in [2.75, 3.05) is 9.80 Å². The highest BCUT2D eigenvalue weighted by atomic mass is 19.4. The van der Waals surface area contributed by atoms with Crippen LogP contribution in [0.1, 0.15) is 44.5 Å². The van der Waals surface area contributed by atoms with Crippen molar-refractivity contribution in [2.24, 2.45) is 0 Å². The van der Waals surface area contributed by atoms with Gasteiger partial charge < -0.3 is 23.2 Å². The Hall–Kier alpha value is -11.0. The largest absolute Gasteiger partial charge is 0.454 e. The summed E-state index contributed by atoms with van der Waals surface area (Å²) in [5.41, 5.74) is 14.3. The summed E-state index contributed by atoms with van der Waals surface area (Å²) in [7, 11) is 0. The van der Waals surface area contributed by atoms with Crippen LogP contribution in [0.4, 0.5) is 60.5 Å². The van der Waals surface area contributed by atoms with Crippen molar-refractivity contribution in [1.29, 1.82) is 0 Å². The lowest BCUT2D eigenvalue weighted by Crippen LogP contribution is -2.33. The predicted octanol–water partition coefficient (Wildman–Crippen LogP) is 23.2. The molecule has 0 saturated carbocycles. The van der Waals surface area contributed by atoms with Crippen LogP contribution in [0, 0.1) is 13.8 Å². The fraction of sp³-hybridized carbons (Fsp3) is 0.0633. The van der Waals surface area contributed by atoms with Gasteiger partial charge in [0.25, 0.3) is 0 Å². The molecule has 16 aromatic rings. The molecule has 90 heavy (non-hydrogen) atoms. The number of aromatic nitrogens is 1. The monoisotopic (exact) mass is 1180 g/mol. The molecule has 2 aliphatic rings. The van der Waals surface area contributed by atoms with Crippen LogP contribution in [0.25, 0.3) is 104 Å². The Balaban J connectivity index is 1.00. The number of alkyl halides is 6. The van der Waals surface area contributed by atoms with E-state index in [0.29, 0.717) is 56.5 Å². The number of aryl methyl sites for hydroxylation is 2. The van der Waals surface area contributed by atoms with Gasteiger partial charge in [0.15, 0.2) is 11.2 Å². The molecule has 0 bridgehead atoms. The zero-order chi connectivity index (χ0) is 60.7. The molecule has 0 unspecified atom stereocenters. The maximum absolute atomic E-state index is 14.7. The summed E-state index contributed by atoms with van der Waals surface area (Å²) in [6.07, 6.45) is -9.19. The van der Waals surface area contributed by atoms with Crippen LogP contribution in [-0.4, -0.2) is 4.57 Å². The van der Waals surface area contributed by atoms with E-state index in [1.165, 1.54) is 24.3 Å². The lowest BCUT2D eigenvalue weighted by molar-refractivity contribution is -0.138. The number of halogens is 6. The van der Waals surface area contributed by atoms with E-state index in [4.69, 9.17) is 8.83 Å². The third kappa shape index (κ3) is 7.16. The van der Waals surface area contributed by atoms with Crippen LogP contribution in [0.15, 0.2) is 258 Å². The molecule has 0 atom stereocenters. The molecule has 11 heteroatoms. The molecule has 1 aliphatic heterocycles. The number of rotatable bonds is 6. The van der Waals surface area contributed by atoms with Crippen molar-refractivity contribution in [3.05, 3.63) is 293 Å². The highest BCUT2D eigenvalue weighted by molar-refractivity contribution is 6.19. The second-order valence-electron chi connectivity index (χ2n) is 23.8. The fourth-order valence-electron chi connectivity index (χ4n) is 15.2. The lowest BCUT2D eigenvalue weighted by Gasteiger charge is -2.40. The van der Waals surface area contributed by atoms with Crippen LogP contribution in [0.2, 0.25) is 0 Å². The van der Waals surface area contributed by atoms with Crippen molar-refractivity contribution < 1.29 is 35.2 Å². The number of furan rings is 2. The van der Waals surface area contributed by atoms with E-state index < -0.39 is 28.9 Å². The zero-order valence-electron chi connectivity index (χ0n) is 48.1. The molecule has 0 radical (unpaired) electrons. The summed E-state index contributed by atoms with van der Waals surface area (Å²) >= 11 is 0. The Labute approximate surface area is 510 Å². The lowest BCUT2D eigenvalue weighted by atomic mass is 9.65. The minimum Gasteiger partial charge on any atom is -0.454 e. The van der Waals surface area contributed by atoms with Gasteiger partial charge >= 0.3 is 12.4 Å². The summed E-state index contributed by atoms with van der Waals surface area (Å²) in [6, 6.07) is 79.5. The Morgan fingerprint density at radius 1 is 0.344 bits per heavy atom. The Morgan fingerprint density at radius 3 is 1.32 bits per heavy atom. The van der Waals surface area contributed by atoms with E-state index in [1.54, 1.807) is 0 Å². The summed E-state index contributed by atoms with van der Waals surface area (Å²) in [5.74, 6) is 0. The van der Waals surface area contributed by atoms with Crippen molar-refractivity contribution in [3.63, 3.8) is 0 Å². The first-order valence-electron chi connectivity index (χ1n) is 29.8. The van der Waals surface area contributed by atoms with Gasteiger partial charge in [0.05, 0.1) is 44.6 Å². The predicted molar refractivity (Wildman–Crippen MR) is 350 cm³/mol. The van der Waals surface area contributed by atoms with E-state index in [-0.39, 0.29) is 0 Å². The third-order valence-electron chi connectivity index (χ3n) is 19.0. The summed E-state index contributed by atoms with van der Waals surface area (Å²) in [4.78, 5) is 3.98. The molecule has 0 N–H and O–H groups in total. The number of para-hydroxylation sites is 5. The molecular formula is C79H47F6N3O2. The first-order chi connectivity index (χ1) is 43.7. The highest BCUT2D eigenvalue weighted by Crippen LogP contribution is 2.64. The Kier molecular flexibility index (Phi) is 10.7. The number of hydrogen-bond acceptors (Lipinski definition) is 4. The van der Waals surface area contributed by atoms with Gasteiger partial charge in [-0.05, 0) is 177 Å². The molecule has 432 valence electrons. The first kappa shape index (κ1) is 52.1. The Morgan fingerprint density at radius 2 is 0.789 bits per heavy atom. The molecule has 0 fully saturated rings. The van der Waals surface area contributed by atoms with Gasteiger partial charge in [-0.2, -0.15) is 26.3 Å². The van der Waals surface area contributed by atoms with Gasteiger partial charge in [-0.1, -0.05) is 152 Å². The summed E-state index contributed by atoms with van der Waals surface area (Å²) < 4.78 is 104. The molecule has 1 spiro atoms. The standard InChI is InChI=1S/C79H47F6N3O2/c1-44-13-9-19-56-58-21-11-25-68(75(58)89-73(44)56)86(50-33-29-48(30-34-50)78(80,81)82)52-37-40-66-60(41-52)61-42-53(87(51-35-31-49(32-36-51)79(83,84)85)69-26-12-22-59-57-20-10-14-45(2)74(57)90-76(59)69)43-65-72(61)88(66)67-24-8-7-23-62(67)77(65)63-38-27-46-15-3-5-17-54(46)70(63)71-55-18-6-4-16-47(55)28-39-64(71)77/h3-43H,1-2H3. The molecule has 4 heterocycles. The highest BCUT2D eigenvalue weighted by Gasteiger charge is 2.52. The van der Waals surface area contributed by atoms with Crippen LogP contribution >= 0.6 is 0 Å². The van der Waals surface area contributed by atoms with Crippen molar-refractivity contribution in [3.8, 4) is 16.8 Å². The summed E-state index contributed by atoms with van der Waals surface area (Å²) in [6.45, 7) is 3.99. The van der Waals surface area contributed by atoms with Crippen LogP contribution in [0.5, 0.6) is 0 Å². The van der Waals surface area contributed by atoms with Crippen LogP contribution in [-0.2, 0) is 17.8 Å². The first-order valence-corrected chi connectivity index (χ1v) is 29.8. The Bertz CT molecular complexity index is 5670. The molecular weight excluding hydrogens is 1140 g/mol. The smallest absolute Gasteiger partial charge is 0.416 e. The molecule has 0 saturated heterocycles. The van der Waals surface area contributed by atoms with E-state index in [1.807, 2.05) is 103 Å². The van der Waals surface area contributed by atoms with E-state index in [2.05, 4.69) is 126 Å². The number of nitrogens with zero attached hydrogens (tertiary/aromatic N) is 3.